The highest BCUT2D eigenvalue weighted by Crippen LogP contribution is 2.38. The van der Waals surface area contributed by atoms with Crippen LogP contribution >= 0.6 is 22.9 Å². The van der Waals surface area contributed by atoms with E-state index in [2.05, 4.69) is 0 Å². The lowest BCUT2D eigenvalue weighted by molar-refractivity contribution is 0.478. The van der Waals surface area contributed by atoms with Crippen LogP contribution in [0, 0.1) is 0 Å². The van der Waals surface area contributed by atoms with Gasteiger partial charge in [0.15, 0.2) is 0 Å². The first-order chi connectivity index (χ1) is 6.22. The standard InChI is InChI=1S/C10H9ClOS/c1-2-8-10(12)7-4-3-6(11)5-9(7)13-8/h3-5,12H,2H2,1H3. The van der Waals surface area contributed by atoms with Gasteiger partial charge in [0.25, 0.3) is 0 Å². The molecule has 0 aliphatic heterocycles. The molecule has 2 rings (SSSR count). The van der Waals surface area contributed by atoms with E-state index in [1.807, 2.05) is 19.1 Å². The van der Waals surface area contributed by atoms with E-state index in [9.17, 15) is 5.11 Å². The molecule has 0 radical (unpaired) electrons. The molecule has 13 heavy (non-hydrogen) atoms. The maximum Gasteiger partial charge on any atom is 0.137 e. The highest BCUT2D eigenvalue weighted by Gasteiger charge is 2.08. The number of fused-ring (bicyclic) bond motifs is 1. The van der Waals surface area contributed by atoms with Gasteiger partial charge in [-0.25, -0.2) is 0 Å². The van der Waals surface area contributed by atoms with Crippen LogP contribution in [0.25, 0.3) is 10.1 Å². The van der Waals surface area contributed by atoms with Crippen molar-refractivity contribution in [3.63, 3.8) is 0 Å². The Kier molecular flexibility index (Phi) is 2.18. The fourth-order valence-corrected chi connectivity index (χ4v) is 2.66. The minimum Gasteiger partial charge on any atom is -0.506 e. The maximum absolute atomic E-state index is 9.75. The number of aryl methyl sites for hydroxylation is 1. The number of rotatable bonds is 1. The summed E-state index contributed by atoms with van der Waals surface area (Å²) in [6.07, 6.45) is 0.864. The predicted molar refractivity (Wildman–Crippen MR) is 57.9 cm³/mol. The summed E-state index contributed by atoms with van der Waals surface area (Å²) < 4.78 is 1.06. The van der Waals surface area contributed by atoms with Crippen molar-refractivity contribution in [3.8, 4) is 5.75 Å². The number of benzene rings is 1. The number of thiophene rings is 1. The molecule has 0 fully saturated rings. The van der Waals surface area contributed by atoms with E-state index in [-0.39, 0.29) is 0 Å². The molecule has 3 heteroatoms. The van der Waals surface area contributed by atoms with Crippen LogP contribution in [0.4, 0.5) is 0 Å². The van der Waals surface area contributed by atoms with Gasteiger partial charge in [-0.3, -0.25) is 0 Å². The second-order valence-corrected chi connectivity index (χ2v) is 4.44. The Balaban J connectivity index is 2.76. The molecule has 0 aliphatic rings. The Morgan fingerprint density at radius 3 is 2.92 bits per heavy atom. The van der Waals surface area contributed by atoms with Gasteiger partial charge in [0, 0.05) is 20.0 Å². The van der Waals surface area contributed by atoms with Crippen LogP contribution in [0.5, 0.6) is 5.75 Å². The van der Waals surface area contributed by atoms with Gasteiger partial charge < -0.3 is 5.11 Å². The molecule has 0 aliphatic carbocycles. The molecular weight excluding hydrogens is 204 g/mol. The van der Waals surface area contributed by atoms with Crippen molar-refractivity contribution in [2.45, 2.75) is 13.3 Å². The number of hydrogen-bond acceptors (Lipinski definition) is 2. The van der Waals surface area contributed by atoms with E-state index in [1.165, 1.54) is 0 Å². The van der Waals surface area contributed by atoms with Gasteiger partial charge in [0.1, 0.15) is 5.75 Å². The van der Waals surface area contributed by atoms with Gasteiger partial charge in [-0.2, -0.15) is 0 Å². The van der Waals surface area contributed by atoms with E-state index in [0.29, 0.717) is 5.75 Å². The Labute approximate surface area is 85.6 Å². The van der Waals surface area contributed by atoms with Crippen molar-refractivity contribution < 1.29 is 5.11 Å². The van der Waals surface area contributed by atoms with Gasteiger partial charge >= 0.3 is 0 Å². The first-order valence-electron chi connectivity index (χ1n) is 4.12. The third-order valence-electron chi connectivity index (χ3n) is 2.02. The van der Waals surface area contributed by atoms with Crippen molar-refractivity contribution in [1.29, 1.82) is 0 Å². The van der Waals surface area contributed by atoms with E-state index in [0.717, 1.165) is 26.4 Å². The summed E-state index contributed by atoms with van der Waals surface area (Å²) in [5, 5.41) is 11.4. The van der Waals surface area contributed by atoms with E-state index in [4.69, 9.17) is 11.6 Å². The van der Waals surface area contributed by atoms with E-state index >= 15 is 0 Å². The normalized spacial score (nSPS) is 10.9. The Morgan fingerprint density at radius 1 is 1.46 bits per heavy atom. The Morgan fingerprint density at radius 2 is 2.23 bits per heavy atom. The zero-order valence-electron chi connectivity index (χ0n) is 7.17. The van der Waals surface area contributed by atoms with Crippen LogP contribution in [-0.2, 0) is 6.42 Å². The number of aromatic hydroxyl groups is 1. The smallest absolute Gasteiger partial charge is 0.137 e. The summed E-state index contributed by atoms with van der Waals surface area (Å²) in [4.78, 5) is 1.03. The number of halogens is 1. The first kappa shape index (κ1) is 8.85. The molecule has 68 valence electrons. The number of hydrogen-bond donors (Lipinski definition) is 1. The summed E-state index contributed by atoms with van der Waals surface area (Å²) >= 11 is 7.45. The molecule has 0 spiro atoms. The second kappa shape index (κ2) is 3.20. The van der Waals surface area contributed by atoms with Crippen molar-refractivity contribution in [2.75, 3.05) is 0 Å². The van der Waals surface area contributed by atoms with E-state index in [1.54, 1.807) is 17.4 Å². The van der Waals surface area contributed by atoms with Gasteiger partial charge in [-0.05, 0) is 24.6 Å². The topological polar surface area (TPSA) is 20.2 Å². The van der Waals surface area contributed by atoms with Gasteiger partial charge in [-0.15, -0.1) is 11.3 Å². The molecule has 0 amide bonds. The van der Waals surface area contributed by atoms with Crippen molar-refractivity contribution >= 4 is 33.0 Å². The quantitative estimate of drug-likeness (QED) is 0.762. The van der Waals surface area contributed by atoms with E-state index < -0.39 is 0 Å². The molecule has 1 heterocycles. The fourth-order valence-electron chi connectivity index (χ4n) is 1.35. The molecule has 0 bridgehead atoms. The van der Waals surface area contributed by atoms with Crippen LogP contribution in [0.3, 0.4) is 0 Å². The van der Waals surface area contributed by atoms with Crippen LogP contribution in [0.1, 0.15) is 11.8 Å². The van der Waals surface area contributed by atoms with Crippen molar-refractivity contribution in [3.05, 3.63) is 28.1 Å². The average Bonchev–Trinajstić information content (AvgIpc) is 2.42. The fraction of sp³-hybridized carbons (Fsp3) is 0.200. The molecule has 0 saturated heterocycles. The van der Waals surface area contributed by atoms with Gasteiger partial charge in [-0.1, -0.05) is 18.5 Å². The zero-order valence-corrected chi connectivity index (χ0v) is 8.75. The van der Waals surface area contributed by atoms with Crippen LogP contribution < -0.4 is 0 Å². The van der Waals surface area contributed by atoms with Crippen LogP contribution in [-0.4, -0.2) is 5.11 Å². The molecule has 1 nitrogen and oxygen atoms in total. The molecule has 1 N–H and O–H groups in total. The molecule has 1 aromatic heterocycles. The largest absolute Gasteiger partial charge is 0.506 e. The second-order valence-electron chi connectivity index (χ2n) is 2.87. The monoisotopic (exact) mass is 212 g/mol. The van der Waals surface area contributed by atoms with Crippen molar-refractivity contribution in [1.82, 2.24) is 0 Å². The molecule has 0 unspecified atom stereocenters. The summed E-state index contributed by atoms with van der Waals surface area (Å²) in [5.41, 5.74) is 0. The predicted octanol–water partition coefficient (Wildman–Crippen LogP) is 3.82. The summed E-state index contributed by atoms with van der Waals surface area (Å²) in [6, 6.07) is 5.55. The molecular formula is C10H9ClOS. The van der Waals surface area contributed by atoms with Gasteiger partial charge in [0.2, 0.25) is 0 Å². The first-order valence-corrected chi connectivity index (χ1v) is 5.31. The SMILES string of the molecule is CCc1sc2cc(Cl)ccc2c1O. The highest BCUT2D eigenvalue weighted by molar-refractivity contribution is 7.19. The lowest BCUT2D eigenvalue weighted by Gasteiger charge is -1.91. The van der Waals surface area contributed by atoms with Crippen LogP contribution in [0.2, 0.25) is 5.02 Å². The minimum absolute atomic E-state index is 0.416. The molecule has 2 aromatic rings. The molecule has 0 atom stereocenters. The lowest BCUT2D eigenvalue weighted by Crippen LogP contribution is -1.70. The third-order valence-corrected chi connectivity index (χ3v) is 3.54. The molecule has 0 saturated carbocycles. The summed E-state index contributed by atoms with van der Waals surface area (Å²) in [7, 11) is 0. The maximum atomic E-state index is 9.75. The average molecular weight is 213 g/mol. The lowest BCUT2D eigenvalue weighted by atomic mass is 10.2. The summed E-state index contributed by atoms with van der Waals surface area (Å²) in [6.45, 7) is 2.03. The Hall–Kier alpha value is -0.730. The van der Waals surface area contributed by atoms with Crippen LogP contribution in [0.15, 0.2) is 18.2 Å². The third kappa shape index (κ3) is 1.40. The molecule has 1 aromatic carbocycles. The highest BCUT2D eigenvalue weighted by atomic mass is 35.5. The van der Waals surface area contributed by atoms with Crippen molar-refractivity contribution in [2.24, 2.45) is 0 Å². The summed E-state index contributed by atoms with van der Waals surface area (Å²) in [5.74, 6) is 0.416. The zero-order chi connectivity index (χ0) is 9.42. The van der Waals surface area contributed by atoms with Gasteiger partial charge in [0.05, 0.1) is 0 Å². The Bertz CT molecular complexity index is 447. The minimum atomic E-state index is 0.416.